The first-order chi connectivity index (χ1) is 6.42. The standard InChI is InChI=1S/C9H12ClN3/c10-6-3-7-13-9-5-2-1-4-8(9)11-12-13/h1-2,4-5,11-12H,3,6-7H2. The summed E-state index contributed by atoms with van der Waals surface area (Å²) in [7, 11) is 0. The van der Waals surface area contributed by atoms with Crippen LogP contribution in [0.4, 0.5) is 11.4 Å². The summed E-state index contributed by atoms with van der Waals surface area (Å²) in [5, 5.41) is 2.07. The van der Waals surface area contributed by atoms with E-state index >= 15 is 0 Å². The smallest absolute Gasteiger partial charge is 0.0782 e. The van der Waals surface area contributed by atoms with Gasteiger partial charge in [-0.1, -0.05) is 12.1 Å². The van der Waals surface area contributed by atoms with Crippen LogP contribution in [-0.2, 0) is 0 Å². The van der Waals surface area contributed by atoms with E-state index in [0.717, 1.165) is 18.7 Å². The van der Waals surface area contributed by atoms with Gasteiger partial charge in [0, 0.05) is 12.4 Å². The molecule has 0 unspecified atom stereocenters. The first-order valence-corrected chi connectivity index (χ1v) is 4.89. The fraction of sp³-hybridized carbons (Fsp3) is 0.333. The molecule has 1 aliphatic heterocycles. The molecular formula is C9H12ClN3. The van der Waals surface area contributed by atoms with Gasteiger partial charge in [0.15, 0.2) is 0 Å². The van der Waals surface area contributed by atoms with Crippen molar-refractivity contribution >= 4 is 23.0 Å². The zero-order chi connectivity index (χ0) is 9.10. The number of rotatable bonds is 3. The van der Waals surface area contributed by atoms with Crippen molar-refractivity contribution in [2.45, 2.75) is 6.42 Å². The topological polar surface area (TPSA) is 27.3 Å². The Morgan fingerprint density at radius 2 is 2.15 bits per heavy atom. The summed E-state index contributed by atoms with van der Waals surface area (Å²) in [6, 6.07) is 8.17. The molecule has 0 fully saturated rings. The van der Waals surface area contributed by atoms with Crippen LogP contribution in [0.2, 0.25) is 0 Å². The summed E-state index contributed by atoms with van der Waals surface area (Å²) in [5.74, 6) is 0.695. The number of hydrazine groups is 2. The highest BCUT2D eigenvalue weighted by Crippen LogP contribution is 2.27. The van der Waals surface area contributed by atoms with Gasteiger partial charge in [-0.25, -0.2) is 0 Å². The number of halogens is 1. The fourth-order valence-electron chi connectivity index (χ4n) is 1.40. The molecule has 13 heavy (non-hydrogen) atoms. The number of nitrogens with zero attached hydrogens (tertiary/aromatic N) is 1. The van der Waals surface area contributed by atoms with E-state index in [1.54, 1.807) is 0 Å². The third-order valence-corrected chi connectivity index (χ3v) is 2.30. The minimum atomic E-state index is 0.695. The highest BCUT2D eigenvalue weighted by molar-refractivity contribution is 6.17. The molecule has 0 amide bonds. The van der Waals surface area contributed by atoms with E-state index in [4.69, 9.17) is 11.6 Å². The number of hydrogen-bond acceptors (Lipinski definition) is 3. The summed E-state index contributed by atoms with van der Waals surface area (Å²) in [5.41, 5.74) is 8.48. The molecule has 4 heteroatoms. The Hall–Kier alpha value is -0.930. The minimum absolute atomic E-state index is 0.695. The molecule has 1 aromatic rings. The molecule has 0 atom stereocenters. The molecule has 0 saturated heterocycles. The molecule has 1 aromatic carbocycles. The molecule has 0 bridgehead atoms. The van der Waals surface area contributed by atoms with Crippen molar-refractivity contribution in [3.8, 4) is 0 Å². The highest BCUT2D eigenvalue weighted by atomic mass is 35.5. The lowest BCUT2D eigenvalue weighted by atomic mass is 10.2. The summed E-state index contributed by atoms with van der Waals surface area (Å²) in [6.07, 6.45) is 0.977. The number of benzene rings is 1. The summed E-state index contributed by atoms with van der Waals surface area (Å²) in [6.45, 7) is 0.924. The van der Waals surface area contributed by atoms with E-state index in [0.29, 0.717) is 5.88 Å². The zero-order valence-electron chi connectivity index (χ0n) is 7.26. The predicted molar refractivity (Wildman–Crippen MR) is 55.9 cm³/mol. The minimum Gasteiger partial charge on any atom is -0.302 e. The van der Waals surface area contributed by atoms with Gasteiger partial charge in [0.2, 0.25) is 0 Å². The van der Waals surface area contributed by atoms with Gasteiger partial charge >= 0.3 is 0 Å². The predicted octanol–water partition coefficient (Wildman–Crippen LogP) is 1.97. The van der Waals surface area contributed by atoms with Gasteiger partial charge in [0.25, 0.3) is 0 Å². The highest BCUT2D eigenvalue weighted by Gasteiger charge is 2.15. The number of nitrogens with one attached hydrogen (secondary N) is 2. The van der Waals surface area contributed by atoms with E-state index in [1.165, 1.54) is 5.69 Å². The van der Waals surface area contributed by atoms with Crippen LogP contribution in [0.5, 0.6) is 0 Å². The maximum absolute atomic E-state index is 5.63. The SMILES string of the molecule is ClCCCN1NNc2ccccc21. The van der Waals surface area contributed by atoms with Gasteiger partial charge in [0.05, 0.1) is 11.4 Å². The van der Waals surface area contributed by atoms with Crippen molar-refractivity contribution in [1.29, 1.82) is 0 Å². The van der Waals surface area contributed by atoms with E-state index in [9.17, 15) is 0 Å². The van der Waals surface area contributed by atoms with Crippen LogP contribution >= 0.6 is 11.6 Å². The Bertz CT molecular complexity index is 290. The molecule has 0 radical (unpaired) electrons. The molecule has 3 nitrogen and oxygen atoms in total. The van der Waals surface area contributed by atoms with Crippen molar-refractivity contribution in [3.05, 3.63) is 24.3 Å². The van der Waals surface area contributed by atoms with Crippen LogP contribution in [0.25, 0.3) is 0 Å². The normalized spacial score (nSPS) is 14.1. The van der Waals surface area contributed by atoms with Crippen molar-refractivity contribution in [2.24, 2.45) is 0 Å². The van der Waals surface area contributed by atoms with Crippen LogP contribution in [0.1, 0.15) is 6.42 Å². The Morgan fingerprint density at radius 1 is 1.31 bits per heavy atom. The number of hydrogen-bond donors (Lipinski definition) is 2. The van der Waals surface area contributed by atoms with Gasteiger partial charge in [-0.05, 0) is 18.6 Å². The lowest BCUT2D eigenvalue weighted by Crippen LogP contribution is -2.36. The Morgan fingerprint density at radius 3 is 3.00 bits per heavy atom. The van der Waals surface area contributed by atoms with Crippen LogP contribution in [0.3, 0.4) is 0 Å². The fourth-order valence-corrected chi connectivity index (χ4v) is 1.52. The van der Waals surface area contributed by atoms with E-state index in [-0.39, 0.29) is 0 Å². The average Bonchev–Trinajstić information content (AvgIpc) is 2.58. The van der Waals surface area contributed by atoms with Crippen LogP contribution < -0.4 is 16.0 Å². The van der Waals surface area contributed by atoms with Crippen LogP contribution in [-0.4, -0.2) is 12.4 Å². The van der Waals surface area contributed by atoms with Gasteiger partial charge < -0.3 is 5.43 Å². The molecule has 0 aromatic heterocycles. The quantitative estimate of drug-likeness (QED) is 0.726. The third-order valence-electron chi connectivity index (χ3n) is 2.04. The van der Waals surface area contributed by atoms with Crippen molar-refractivity contribution in [2.75, 3.05) is 22.9 Å². The molecule has 0 spiro atoms. The van der Waals surface area contributed by atoms with Gasteiger partial charge in [-0.3, -0.25) is 5.01 Å². The number of anilines is 2. The molecule has 0 aliphatic carbocycles. The maximum Gasteiger partial charge on any atom is 0.0782 e. The summed E-state index contributed by atoms with van der Waals surface area (Å²) < 4.78 is 0. The van der Waals surface area contributed by atoms with Crippen LogP contribution in [0, 0.1) is 0 Å². The van der Waals surface area contributed by atoms with E-state index < -0.39 is 0 Å². The molecule has 2 N–H and O–H groups in total. The van der Waals surface area contributed by atoms with Crippen LogP contribution in [0.15, 0.2) is 24.3 Å². The average molecular weight is 198 g/mol. The van der Waals surface area contributed by atoms with Gasteiger partial charge in [0.1, 0.15) is 0 Å². The lowest BCUT2D eigenvalue weighted by Gasteiger charge is -2.16. The number of fused-ring (bicyclic) bond motifs is 1. The molecular weight excluding hydrogens is 186 g/mol. The maximum atomic E-state index is 5.63. The number of para-hydroxylation sites is 2. The first kappa shape index (κ1) is 8.66. The molecule has 2 rings (SSSR count). The first-order valence-electron chi connectivity index (χ1n) is 4.36. The Kier molecular flexibility index (Phi) is 2.57. The summed E-state index contributed by atoms with van der Waals surface area (Å²) >= 11 is 5.63. The Balaban J connectivity index is 2.09. The van der Waals surface area contributed by atoms with Gasteiger partial charge in [-0.2, -0.15) is 0 Å². The Labute approximate surface area is 82.6 Å². The molecule has 70 valence electrons. The van der Waals surface area contributed by atoms with Crippen molar-refractivity contribution in [1.82, 2.24) is 5.53 Å². The second-order valence-electron chi connectivity index (χ2n) is 2.95. The molecule has 1 aliphatic rings. The number of alkyl halides is 1. The molecule has 0 saturated carbocycles. The summed E-state index contributed by atoms with van der Waals surface area (Å²) in [4.78, 5) is 0. The monoisotopic (exact) mass is 197 g/mol. The second kappa shape index (κ2) is 3.85. The third kappa shape index (κ3) is 1.71. The van der Waals surface area contributed by atoms with Gasteiger partial charge in [-0.15, -0.1) is 17.1 Å². The lowest BCUT2D eigenvalue weighted by molar-refractivity contribution is 0.709. The largest absolute Gasteiger partial charge is 0.302 e. The molecule has 1 heterocycles. The second-order valence-corrected chi connectivity index (χ2v) is 3.33. The van der Waals surface area contributed by atoms with E-state index in [2.05, 4.69) is 22.0 Å². The zero-order valence-corrected chi connectivity index (χ0v) is 8.01. The van der Waals surface area contributed by atoms with Crippen molar-refractivity contribution in [3.63, 3.8) is 0 Å². The van der Waals surface area contributed by atoms with Crippen molar-refractivity contribution < 1.29 is 0 Å². The van der Waals surface area contributed by atoms with E-state index in [1.807, 2.05) is 18.2 Å².